The van der Waals surface area contributed by atoms with Crippen LogP contribution >= 0.6 is 0 Å². The predicted molar refractivity (Wildman–Crippen MR) is 318 cm³/mol. The van der Waals surface area contributed by atoms with E-state index in [0.717, 1.165) is 22.7 Å². The summed E-state index contributed by atoms with van der Waals surface area (Å²) in [6, 6.07) is 91.3. The molecule has 11 aromatic carbocycles. The van der Waals surface area contributed by atoms with E-state index in [-0.39, 0.29) is 10.8 Å². The van der Waals surface area contributed by atoms with E-state index in [0.29, 0.717) is 0 Å². The van der Waals surface area contributed by atoms with E-state index < -0.39 is 5.41 Å². The van der Waals surface area contributed by atoms with Crippen molar-refractivity contribution in [1.82, 2.24) is 4.57 Å². The number of aromatic nitrogens is 1. The first-order valence-corrected chi connectivity index (χ1v) is 26.6. The van der Waals surface area contributed by atoms with Crippen molar-refractivity contribution in [2.45, 2.75) is 57.8 Å². The molecule has 1 aromatic heterocycles. The van der Waals surface area contributed by atoms with Crippen LogP contribution in [0.1, 0.15) is 74.9 Å². The normalized spacial score (nSPS) is 13.3. The molecule has 0 atom stereocenters. The second-order valence-corrected chi connectivity index (χ2v) is 22.9. The third kappa shape index (κ3) is 6.93. The molecule has 0 N–H and O–H groups in total. The zero-order valence-electron chi connectivity index (χ0n) is 43.5. The van der Waals surface area contributed by atoms with Gasteiger partial charge in [0, 0.05) is 33.5 Å². The van der Waals surface area contributed by atoms with Crippen molar-refractivity contribution in [2.24, 2.45) is 0 Å². The van der Waals surface area contributed by atoms with Gasteiger partial charge in [-0.15, -0.1) is 0 Å². The average molecular weight is 963 g/mol. The smallest absolute Gasteiger partial charge is 0.0726 e. The van der Waals surface area contributed by atoms with Crippen LogP contribution in [0.4, 0.5) is 17.1 Å². The Bertz CT molecular complexity index is 4110. The van der Waals surface area contributed by atoms with E-state index in [1.54, 1.807) is 0 Å². The average Bonchev–Trinajstić information content (AvgIpc) is 4.09. The monoisotopic (exact) mass is 962 g/mol. The number of benzene rings is 11. The number of nitrogens with zero attached hydrogens (tertiary/aromatic N) is 2. The molecule has 0 bridgehead atoms. The first kappa shape index (κ1) is 44.9. The molecule has 0 unspecified atom stereocenters. The maximum absolute atomic E-state index is 2.54. The van der Waals surface area contributed by atoms with E-state index in [4.69, 9.17) is 0 Å². The maximum Gasteiger partial charge on any atom is 0.0726 e. The third-order valence-electron chi connectivity index (χ3n) is 16.5. The third-order valence-corrected chi connectivity index (χ3v) is 16.5. The molecule has 0 saturated carbocycles. The van der Waals surface area contributed by atoms with Crippen molar-refractivity contribution in [3.63, 3.8) is 0 Å². The SMILES string of the molecule is CC(C)(C)c1ccc2c(c1)C1(c3ccccc3-c3ccc(N(c4ccc(-c5ccc(-n6c7ccccc7c7ccccc76)cc5)cc4)c4ccc(-c5cccc6ccccc56)cc4)cc31)c1cc(C(C)(C)C)ccc1-2. The predicted octanol–water partition coefficient (Wildman–Crippen LogP) is 19.7. The summed E-state index contributed by atoms with van der Waals surface area (Å²) in [5.74, 6) is 0. The van der Waals surface area contributed by atoms with Gasteiger partial charge in [0.1, 0.15) is 0 Å². The number of para-hydroxylation sites is 2. The lowest BCUT2D eigenvalue weighted by atomic mass is 9.68. The number of hydrogen-bond donors (Lipinski definition) is 0. The summed E-state index contributed by atoms with van der Waals surface area (Å²) >= 11 is 0. The second kappa shape index (κ2) is 16.6. The molecule has 1 spiro atoms. The molecule has 360 valence electrons. The van der Waals surface area contributed by atoms with Crippen molar-refractivity contribution < 1.29 is 0 Å². The Balaban J connectivity index is 0.932. The Labute approximate surface area is 440 Å². The summed E-state index contributed by atoms with van der Waals surface area (Å²) in [5, 5.41) is 5.04. The molecule has 0 fully saturated rings. The molecular formula is C73H58N2. The molecule has 75 heavy (non-hydrogen) atoms. The minimum Gasteiger partial charge on any atom is -0.310 e. The lowest BCUT2D eigenvalue weighted by Gasteiger charge is -2.34. The number of anilines is 3. The van der Waals surface area contributed by atoms with Crippen molar-refractivity contribution in [3.8, 4) is 50.2 Å². The van der Waals surface area contributed by atoms with Crippen LogP contribution in [0.3, 0.4) is 0 Å². The zero-order chi connectivity index (χ0) is 50.8. The van der Waals surface area contributed by atoms with E-state index >= 15 is 0 Å². The van der Waals surface area contributed by atoms with Crippen LogP contribution in [-0.4, -0.2) is 4.57 Å². The summed E-state index contributed by atoms with van der Waals surface area (Å²) in [5.41, 5.74) is 24.5. The summed E-state index contributed by atoms with van der Waals surface area (Å²) in [6.07, 6.45) is 0. The fraction of sp³-hybridized carbons (Fsp3) is 0.123. The van der Waals surface area contributed by atoms with Crippen LogP contribution in [0.2, 0.25) is 0 Å². The number of hydrogen-bond acceptors (Lipinski definition) is 1. The Morgan fingerprint density at radius 1 is 0.320 bits per heavy atom. The number of rotatable bonds is 6. The van der Waals surface area contributed by atoms with Gasteiger partial charge in [-0.3, -0.25) is 0 Å². The van der Waals surface area contributed by atoms with Gasteiger partial charge < -0.3 is 9.47 Å². The molecule has 2 nitrogen and oxygen atoms in total. The van der Waals surface area contributed by atoms with Crippen LogP contribution in [0.15, 0.2) is 243 Å². The largest absolute Gasteiger partial charge is 0.310 e. The van der Waals surface area contributed by atoms with Crippen LogP contribution in [-0.2, 0) is 16.2 Å². The van der Waals surface area contributed by atoms with Gasteiger partial charge in [-0.25, -0.2) is 0 Å². The van der Waals surface area contributed by atoms with Gasteiger partial charge in [0.05, 0.1) is 16.4 Å². The van der Waals surface area contributed by atoms with E-state index in [1.165, 1.54) is 110 Å². The zero-order valence-corrected chi connectivity index (χ0v) is 43.5. The number of fused-ring (bicyclic) bond motifs is 14. The van der Waals surface area contributed by atoms with Crippen LogP contribution in [0, 0.1) is 0 Å². The molecule has 0 radical (unpaired) electrons. The molecule has 2 aliphatic rings. The summed E-state index contributed by atoms with van der Waals surface area (Å²) in [6.45, 7) is 14.0. The van der Waals surface area contributed by atoms with E-state index in [1.807, 2.05) is 0 Å². The molecule has 0 saturated heterocycles. The summed E-state index contributed by atoms with van der Waals surface area (Å²) < 4.78 is 2.38. The minimum atomic E-state index is -0.520. The Morgan fingerprint density at radius 3 is 1.33 bits per heavy atom. The molecule has 14 rings (SSSR count). The highest BCUT2D eigenvalue weighted by molar-refractivity contribution is 6.09. The highest BCUT2D eigenvalue weighted by Crippen LogP contribution is 2.64. The molecule has 2 heteroatoms. The quantitative estimate of drug-likeness (QED) is 0.161. The van der Waals surface area contributed by atoms with Gasteiger partial charge >= 0.3 is 0 Å². The van der Waals surface area contributed by atoms with Crippen molar-refractivity contribution in [3.05, 3.63) is 276 Å². The van der Waals surface area contributed by atoms with Crippen molar-refractivity contribution in [2.75, 3.05) is 4.90 Å². The molecule has 0 amide bonds. The molecule has 1 heterocycles. The standard InChI is InChI=1S/C73H58N2/c1-71(2,3)51-32-41-60-61-42-33-52(72(4,5)6)45-67(61)73(66(60)44-51)65-23-12-9-19-59(65)62-43-40-56(46-68(62)73)74(54-38-30-50(31-39-54)58-22-15-17-49-16-7-8-18-57(49)58)53-34-26-47(27-35-53)48-28-36-55(37-29-48)75-69-24-13-10-20-63(69)64-21-11-14-25-70(64)75/h7-46H,1-6H3. The first-order valence-electron chi connectivity index (χ1n) is 26.6. The highest BCUT2D eigenvalue weighted by Gasteiger charge is 2.52. The van der Waals surface area contributed by atoms with Crippen molar-refractivity contribution >= 4 is 49.6 Å². The molecule has 0 aliphatic heterocycles. The van der Waals surface area contributed by atoms with Crippen LogP contribution < -0.4 is 4.90 Å². The Hall–Kier alpha value is -8.72. The molecule has 2 aliphatic carbocycles. The lowest BCUT2D eigenvalue weighted by Crippen LogP contribution is -2.27. The lowest BCUT2D eigenvalue weighted by molar-refractivity contribution is 0.586. The summed E-state index contributed by atoms with van der Waals surface area (Å²) in [7, 11) is 0. The topological polar surface area (TPSA) is 8.17 Å². The van der Waals surface area contributed by atoms with Crippen LogP contribution in [0.5, 0.6) is 0 Å². The Kier molecular flexibility index (Phi) is 9.98. The van der Waals surface area contributed by atoms with Gasteiger partial charge in [-0.05, 0) is 160 Å². The Morgan fingerprint density at radius 2 is 0.747 bits per heavy atom. The van der Waals surface area contributed by atoms with Gasteiger partial charge in [-0.2, -0.15) is 0 Å². The first-order chi connectivity index (χ1) is 36.4. The van der Waals surface area contributed by atoms with Gasteiger partial charge in [0.15, 0.2) is 0 Å². The van der Waals surface area contributed by atoms with E-state index in [2.05, 4.69) is 294 Å². The molecule has 12 aromatic rings. The van der Waals surface area contributed by atoms with Gasteiger partial charge in [0.2, 0.25) is 0 Å². The second-order valence-electron chi connectivity index (χ2n) is 22.9. The maximum atomic E-state index is 2.54. The summed E-state index contributed by atoms with van der Waals surface area (Å²) in [4.78, 5) is 2.47. The van der Waals surface area contributed by atoms with E-state index in [9.17, 15) is 0 Å². The van der Waals surface area contributed by atoms with Gasteiger partial charge in [0.25, 0.3) is 0 Å². The molecular weight excluding hydrogens is 905 g/mol. The van der Waals surface area contributed by atoms with Crippen molar-refractivity contribution in [1.29, 1.82) is 0 Å². The minimum absolute atomic E-state index is 0.0279. The fourth-order valence-corrected chi connectivity index (χ4v) is 12.8. The van der Waals surface area contributed by atoms with Crippen LogP contribution in [0.25, 0.3) is 82.8 Å². The fourth-order valence-electron chi connectivity index (χ4n) is 12.8. The van der Waals surface area contributed by atoms with Gasteiger partial charge in [-0.1, -0.05) is 224 Å². The highest BCUT2D eigenvalue weighted by atomic mass is 15.1.